The SMILES string of the molecule is CCN(C1CCCCC1)S(=O)(=O)c1ccc(C(=O)N(Cc2ccncc2)c2nc3ccc(OC)cc3s2)cc1. The first-order chi connectivity index (χ1) is 18.9. The molecule has 0 atom stereocenters. The Labute approximate surface area is 233 Å². The number of amides is 1. The molecule has 1 saturated carbocycles. The summed E-state index contributed by atoms with van der Waals surface area (Å²) in [4.78, 5) is 24.5. The van der Waals surface area contributed by atoms with Gasteiger partial charge in [0.1, 0.15) is 5.75 Å². The number of thiazole rings is 1. The van der Waals surface area contributed by atoms with Gasteiger partial charge in [0.25, 0.3) is 5.91 Å². The van der Waals surface area contributed by atoms with E-state index >= 15 is 0 Å². The van der Waals surface area contributed by atoms with Gasteiger partial charge < -0.3 is 4.74 Å². The zero-order valence-corrected chi connectivity index (χ0v) is 23.7. The molecule has 8 nitrogen and oxygen atoms in total. The van der Waals surface area contributed by atoms with Gasteiger partial charge >= 0.3 is 0 Å². The Morgan fingerprint density at radius 3 is 2.41 bits per heavy atom. The topological polar surface area (TPSA) is 92.7 Å². The average Bonchev–Trinajstić information content (AvgIpc) is 3.40. The predicted octanol–water partition coefficient (Wildman–Crippen LogP) is 5.89. The number of anilines is 1. The lowest BCUT2D eigenvalue weighted by Crippen LogP contribution is -2.41. The number of aromatic nitrogens is 2. The smallest absolute Gasteiger partial charge is 0.260 e. The molecule has 0 radical (unpaired) electrons. The van der Waals surface area contributed by atoms with Crippen molar-refractivity contribution in [3.63, 3.8) is 0 Å². The van der Waals surface area contributed by atoms with Crippen molar-refractivity contribution in [3.8, 4) is 5.75 Å². The molecule has 204 valence electrons. The van der Waals surface area contributed by atoms with E-state index in [2.05, 4.69) is 4.98 Å². The molecule has 1 aliphatic carbocycles. The molecule has 5 rings (SSSR count). The first kappa shape index (κ1) is 27.2. The lowest BCUT2D eigenvalue weighted by Gasteiger charge is -2.32. The molecule has 2 heterocycles. The van der Waals surface area contributed by atoms with E-state index in [0.717, 1.165) is 53.6 Å². The van der Waals surface area contributed by atoms with Crippen LogP contribution in [-0.2, 0) is 16.6 Å². The second-order valence-electron chi connectivity index (χ2n) is 9.60. The third-order valence-electron chi connectivity index (χ3n) is 7.15. The maximum Gasteiger partial charge on any atom is 0.260 e. The zero-order valence-electron chi connectivity index (χ0n) is 22.1. The van der Waals surface area contributed by atoms with Gasteiger partial charge in [-0.1, -0.05) is 37.5 Å². The number of nitrogens with zero attached hydrogens (tertiary/aromatic N) is 4. The van der Waals surface area contributed by atoms with Crippen molar-refractivity contribution in [2.45, 2.75) is 56.5 Å². The second-order valence-corrected chi connectivity index (χ2v) is 12.5. The molecule has 1 aliphatic rings. The summed E-state index contributed by atoms with van der Waals surface area (Å²) >= 11 is 1.40. The maximum atomic E-state index is 13.8. The fourth-order valence-corrected chi connectivity index (χ4v) is 7.77. The number of fused-ring (bicyclic) bond motifs is 1. The van der Waals surface area contributed by atoms with Gasteiger partial charge in [-0.2, -0.15) is 4.31 Å². The highest BCUT2D eigenvalue weighted by atomic mass is 32.2. The van der Waals surface area contributed by atoms with Gasteiger partial charge in [-0.25, -0.2) is 13.4 Å². The van der Waals surface area contributed by atoms with E-state index < -0.39 is 10.0 Å². The molecule has 0 bridgehead atoms. The van der Waals surface area contributed by atoms with E-state index in [1.165, 1.54) is 11.3 Å². The summed E-state index contributed by atoms with van der Waals surface area (Å²) in [6.07, 6.45) is 8.41. The van der Waals surface area contributed by atoms with Crippen LogP contribution >= 0.6 is 11.3 Å². The van der Waals surface area contributed by atoms with Crippen molar-refractivity contribution >= 4 is 42.6 Å². The number of benzene rings is 2. The standard InChI is InChI=1S/C29H32N4O4S2/c1-3-33(23-7-5-4-6-8-23)39(35,36)25-12-9-22(10-13-25)28(34)32(20-21-15-17-30-18-16-21)29-31-26-14-11-24(37-2)19-27(26)38-29/h9-19,23H,3-8,20H2,1-2H3. The number of rotatable bonds is 9. The highest BCUT2D eigenvalue weighted by Gasteiger charge is 2.31. The van der Waals surface area contributed by atoms with Crippen LogP contribution in [0.3, 0.4) is 0 Å². The van der Waals surface area contributed by atoms with Crippen molar-refractivity contribution in [3.05, 3.63) is 78.1 Å². The Hall–Kier alpha value is -3.34. The highest BCUT2D eigenvalue weighted by Crippen LogP contribution is 2.33. The third-order valence-corrected chi connectivity index (χ3v) is 10.2. The normalized spacial score (nSPS) is 14.5. The van der Waals surface area contributed by atoms with Crippen LogP contribution in [0.1, 0.15) is 54.9 Å². The van der Waals surface area contributed by atoms with Gasteiger partial charge in [0, 0.05) is 30.5 Å². The van der Waals surface area contributed by atoms with Crippen molar-refractivity contribution in [1.82, 2.24) is 14.3 Å². The van der Waals surface area contributed by atoms with Crippen molar-refractivity contribution in [1.29, 1.82) is 0 Å². The number of carbonyl (C=O) groups excluding carboxylic acids is 1. The molecule has 1 amide bonds. The molecular formula is C29H32N4O4S2. The van der Waals surface area contributed by atoms with Gasteiger partial charge in [-0.15, -0.1) is 0 Å². The van der Waals surface area contributed by atoms with Crippen molar-refractivity contribution < 1.29 is 17.9 Å². The van der Waals surface area contributed by atoms with Crippen LogP contribution < -0.4 is 9.64 Å². The van der Waals surface area contributed by atoms with Crippen molar-refractivity contribution in [2.24, 2.45) is 0 Å². The molecule has 2 aromatic carbocycles. The van der Waals surface area contributed by atoms with Crippen LogP contribution in [0, 0.1) is 0 Å². The van der Waals surface area contributed by atoms with Crippen LogP contribution in [0.2, 0.25) is 0 Å². The second kappa shape index (κ2) is 11.8. The van der Waals surface area contributed by atoms with E-state index in [4.69, 9.17) is 9.72 Å². The number of hydrogen-bond donors (Lipinski definition) is 0. The largest absolute Gasteiger partial charge is 0.497 e. The fourth-order valence-electron chi connectivity index (χ4n) is 5.09. The van der Waals surface area contributed by atoms with Gasteiger partial charge in [0.2, 0.25) is 10.0 Å². The molecule has 39 heavy (non-hydrogen) atoms. The minimum Gasteiger partial charge on any atom is -0.497 e. The average molecular weight is 565 g/mol. The summed E-state index contributed by atoms with van der Waals surface area (Å²) in [6, 6.07) is 15.6. The van der Waals surface area contributed by atoms with Gasteiger partial charge in [-0.05, 0) is 73.0 Å². The number of carbonyl (C=O) groups is 1. The molecule has 0 spiro atoms. The number of pyridine rings is 1. The van der Waals surface area contributed by atoms with Gasteiger partial charge in [-0.3, -0.25) is 14.7 Å². The number of sulfonamides is 1. The number of hydrogen-bond acceptors (Lipinski definition) is 7. The molecule has 0 unspecified atom stereocenters. The van der Waals surface area contributed by atoms with Crippen LogP contribution in [0.5, 0.6) is 5.75 Å². The van der Waals surface area contributed by atoms with E-state index in [1.54, 1.807) is 53.0 Å². The molecule has 0 aliphatic heterocycles. The molecular weight excluding hydrogens is 532 g/mol. The zero-order chi connectivity index (χ0) is 27.4. The lowest BCUT2D eigenvalue weighted by molar-refractivity contribution is 0.0985. The molecule has 0 N–H and O–H groups in total. The predicted molar refractivity (Wildman–Crippen MR) is 154 cm³/mol. The fraction of sp³-hybridized carbons (Fsp3) is 0.345. The summed E-state index contributed by atoms with van der Waals surface area (Å²) in [5.74, 6) is 0.456. The maximum absolute atomic E-state index is 13.8. The van der Waals surface area contributed by atoms with Crippen LogP contribution in [0.25, 0.3) is 10.2 Å². The van der Waals surface area contributed by atoms with E-state index in [0.29, 0.717) is 23.8 Å². The van der Waals surface area contributed by atoms with E-state index in [-0.39, 0.29) is 16.8 Å². The Kier molecular flexibility index (Phi) is 8.25. The Balaban J connectivity index is 1.45. The van der Waals surface area contributed by atoms with Gasteiger partial charge in [0.05, 0.1) is 28.8 Å². The molecule has 0 saturated heterocycles. The van der Waals surface area contributed by atoms with Gasteiger partial charge in [0.15, 0.2) is 5.13 Å². The molecule has 10 heteroatoms. The quantitative estimate of drug-likeness (QED) is 0.252. The van der Waals surface area contributed by atoms with E-state index in [9.17, 15) is 13.2 Å². The van der Waals surface area contributed by atoms with Crippen LogP contribution in [0.15, 0.2) is 71.9 Å². The number of methoxy groups -OCH3 is 1. The first-order valence-corrected chi connectivity index (χ1v) is 15.4. The third kappa shape index (κ3) is 5.83. The summed E-state index contributed by atoms with van der Waals surface area (Å²) in [6.45, 7) is 2.61. The van der Waals surface area contributed by atoms with Crippen LogP contribution in [-0.4, -0.2) is 48.3 Å². The summed E-state index contributed by atoms with van der Waals surface area (Å²) in [5.41, 5.74) is 2.06. The molecule has 4 aromatic rings. The minimum atomic E-state index is -3.66. The van der Waals surface area contributed by atoms with Crippen molar-refractivity contribution in [2.75, 3.05) is 18.6 Å². The summed E-state index contributed by atoms with van der Waals surface area (Å²) in [7, 11) is -2.05. The molecule has 1 fully saturated rings. The van der Waals surface area contributed by atoms with E-state index in [1.807, 2.05) is 37.3 Å². The monoisotopic (exact) mass is 564 g/mol. The Morgan fingerprint density at radius 2 is 1.74 bits per heavy atom. The first-order valence-electron chi connectivity index (χ1n) is 13.2. The summed E-state index contributed by atoms with van der Waals surface area (Å²) in [5, 5.41) is 0.547. The number of ether oxygens (including phenoxy) is 1. The Bertz CT molecular complexity index is 1530. The van der Waals surface area contributed by atoms with Crippen LogP contribution in [0.4, 0.5) is 5.13 Å². The minimum absolute atomic E-state index is 0.0311. The lowest BCUT2D eigenvalue weighted by atomic mass is 9.95. The highest BCUT2D eigenvalue weighted by molar-refractivity contribution is 7.89. The summed E-state index contributed by atoms with van der Waals surface area (Å²) < 4.78 is 34.9. The Morgan fingerprint density at radius 1 is 1.03 bits per heavy atom. The molecule has 2 aromatic heterocycles.